The van der Waals surface area contributed by atoms with E-state index in [9.17, 15) is 4.79 Å². The molecular weight excluding hydrogens is 526 g/mol. The summed E-state index contributed by atoms with van der Waals surface area (Å²) in [5, 5.41) is 4.03. The maximum Gasteiger partial charge on any atom is 0.273 e. The van der Waals surface area contributed by atoms with Crippen LogP contribution in [0.1, 0.15) is 28.4 Å². The van der Waals surface area contributed by atoms with Gasteiger partial charge in [0.05, 0.1) is 22.9 Å². The zero-order chi connectivity index (χ0) is 22.2. The molecule has 0 spiro atoms. The van der Waals surface area contributed by atoms with Crippen molar-refractivity contribution in [1.29, 1.82) is 0 Å². The van der Waals surface area contributed by atoms with E-state index in [4.69, 9.17) is 15.2 Å². The fourth-order valence-electron chi connectivity index (χ4n) is 2.73. The van der Waals surface area contributed by atoms with Gasteiger partial charge in [0, 0.05) is 10.2 Å². The molecule has 3 rings (SSSR count). The molecule has 8 heteroatoms. The highest BCUT2D eigenvalue weighted by Gasteiger charge is 2.13. The zero-order valence-corrected chi connectivity index (χ0v) is 19.9. The van der Waals surface area contributed by atoms with Gasteiger partial charge in [-0.2, -0.15) is 5.10 Å². The van der Waals surface area contributed by atoms with Crippen LogP contribution in [0.25, 0.3) is 0 Å². The van der Waals surface area contributed by atoms with Crippen molar-refractivity contribution in [1.82, 2.24) is 5.43 Å². The third kappa shape index (κ3) is 6.32. The number of amides is 1. The van der Waals surface area contributed by atoms with Gasteiger partial charge in [-0.3, -0.25) is 4.79 Å². The van der Waals surface area contributed by atoms with Gasteiger partial charge in [0.25, 0.3) is 5.91 Å². The number of benzene rings is 3. The molecule has 31 heavy (non-hydrogen) atoms. The first-order valence-corrected chi connectivity index (χ1v) is 11.1. The molecule has 3 N–H and O–H groups in total. The van der Waals surface area contributed by atoms with Gasteiger partial charge in [-0.1, -0.05) is 40.2 Å². The summed E-state index contributed by atoms with van der Waals surface area (Å²) in [7, 11) is 0. The standard InChI is InChI=1S/C23H21Br2N3O3/c1-2-30-21-12-16(13-27-28-23(29)18-5-3-4-6-20(18)26)11-19(25)22(21)31-14-15-7-9-17(24)10-8-15/h3-13H,2,14,26H2,1H3,(H,28,29)/b27-13-. The van der Waals surface area contributed by atoms with Crippen LogP contribution in [0.4, 0.5) is 5.69 Å². The molecule has 0 bridgehead atoms. The first-order valence-electron chi connectivity index (χ1n) is 9.49. The van der Waals surface area contributed by atoms with Gasteiger partial charge in [-0.15, -0.1) is 0 Å². The van der Waals surface area contributed by atoms with E-state index < -0.39 is 0 Å². The van der Waals surface area contributed by atoms with Crippen LogP contribution in [-0.4, -0.2) is 18.7 Å². The Bertz CT molecular complexity index is 1090. The largest absolute Gasteiger partial charge is 0.490 e. The highest BCUT2D eigenvalue weighted by molar-refractivity contribution is 9.10. The number of hydrogen-bond donors (Lipinski definition) is 2. The van der Waals surface area contributed by atoms with Crippen LogP contribution in [-0.2, 0) is 6.61 Å². The number of nitrogens with two attached hydrogens (primary N) is 1. The summed E-state index contributed by atoms with van der Waals surface area (Å²) < 4.78 is 13.5. The van der Waals surface area contributed by atoms with Crippen molar-refractivity contribution >= 4 is 49.7 Å². The lowest BCUT2D eigenvalue weighted by Crippen LogP contribution is -2.19. The molecule has 1 amide bonds. The molecule has 0 heterocycles. The Kier molecular flexibility index (Phi) is 8.08. The van der Waals surface area contributed by atoms with Crippen molar-refractivity contribution in [3.05, 3.63) is 86.3 Å². The topological polar surface area (TPSA) is 85.9 Å². The molecular formula is C23H21Br2N3O3. The summed E-state index contributed by atoms with van der Waals surface area (Å²) in [6.45, 7) is 2.78. The lowest BCUT2D eigenvalue weighted by atomic mass is 10.2. The maximum absolute atomic E-state index is 12.2. The van der Waals surface area contributed by atoms with Crippen LogP contribution in [0, 0.1) is 0 Å². The predicted octanol–water partition coefficient (Wildman–Crippen LogP) is 5.54. The van der Waals surface area contributed by atoms with Crippen LogP contribution in [0.3, 0.4) is 0 Å². The molecule has 6 nitrogen and oxygen atoms in total. The number of rotatable bonds is 8. The summed E-state index contributed by atoms with van der Waals surface area (Å²) >= 11 is 6.97. The Morgan fingerprint density at radius 1 is 1.10 bits per heavy atom. The zero-order valence-electron chi connectivity index (χ0n) is 16.8. The molecule has 0 atom stereocenters. The maximum atomic E-state index is 12.2. The molecule has 3 aromatic rings. The summed E-state index contributed by atoms with van der Waals surface area (Å²) in [6.07, 6.45) is 1.53. The number of nitrogens with zero attached hydrogens (tertiary/aromatic N) is 1. The molecule has 0 unspecified atom stereocenters. The van der Waals surface area contributed by atoms with Crippen molar-refractivity contribution in [2.45, 2.75) is 13.5 Å². The van der Waals surface area contributed by atoms with Crippen LogP contribution >= 0.6 is 31.9 Å². The van der Waals surface area contributed by atoms with Crippen LogP contribution in [0.2, 0.25) is 0 Å². The average molecular weight is 547 g/mol. The fraction of sp³-hybridized carbons (Fsp3) is 0.130. The summed E-state index contributed by atoms with van der Waals surface area (Å²) in [4.78, 5) is 12.2. The van der Waals surface area contributed by atoms with E-state index in [2.05, 4.69) is 42.4 Å². The van der Waals surface area contributed by atoms with Gasteiger partial charge in [0.15, 0.2) is 11.5 Å². The highest BCUT2D eigenvalue weighted by atomic mass is 79.9. The first-order chi connectivity index (χ1) is 15.0. The molecule has 0 aliphatic rings. The second-order valence-corrected chi connectivity index (χ2v) is 8.23. The number of hydrazone groups is 1. The Hall–Kier alpha value is -2.84. The molecule has 0 aliphatic heterocycles. The third-order valence-electron chi connectivity index (χ3n) is 4.21. The van der Waals surface area contributed by atoms with Crippen molar-refractivity contribution in [2.75, 3.05) is 12.3 Å². The van der Waals surface area contributed by atoms with Crippen molar-refractivity contribution in [3.8, 4) is 11.5 Å². The predicted molar refractivity (Wildman–Crippen MR) is 130 cm³/mol. The second kappa shape index (κ2) is 11.0. The molecule has 0 saturated heterocycles. The molecule has 0 fully saturated rings. The van der Waals surface area contributed by atoms with Gasteiger partial charge in [-0.05, 0) is 70.4 Å². The minimum Gasteiger partial charge on any atom is -0.490 e. The molecule has 0 radical (unpaired) electrons. The SMILES string of the molecule is CCOc1cc(/C=N\NC(=O)c2ccccc2N)cc(Br)c1OCc1ccc(Br)cc1. The quantitative estimate of drug-likeness (QED) is 0.221. The monoisotopic (exact) mass is 545 g/mol. The van der Waals surface area contributed by atoms with Gasteiger partial charge >= 0.3 is 0 Å². The van der Waals surface area contributed by atoms with Crippen molar-refractivity contribution in [2.24, 2.45) is 5.10 Å². The fourth-order valence-corrected chi connectivity index (χ4v) is 3.57. The number of nitrogens with one attached hydrogen (secondary N) is 1. The van der Waals surface area contributed by atoms with E-state index >= 15 is 0 Å². The van der Waals surface area contributed by atoms with Gasteiger partial charge in [0.2, 0.25) is 0 Å². The van der Waals surface area contributed by atoms with Crippen LogP contribution in [0.15, 0.2) is 74.7 Å². The number of ether oxygens (including phenoxy) is 2. The number of para-hydroxylation sites is 1. The Morgan fingerprint density at radius 2 is 1.84 bits per heavy atom. The Balaban J connectivity index is 1.73. The minimum absolute atomic E-state index is 0.368. The Labute approximate surface area is 197 Å². The average Bonchev–Trinajstić information content (AvgIpc) is 2.75. The number of carbonyl (C=O) groups excluding carboxylic acids is 1. The Morgan fingerprint density at radius 3 is 2.55 bits per heavy atom. The highest BCUT2D eigenvalue weighted by Crippen LogP contribution is 2.37. The molecule has 3 aromatic carbocycles. The number of halogens is 2. The van der Waals surface area contributed by atoms with E-state index in [1.807, 2.05) is 37.3 Å². The van der Waals surface area contributed by atoms with Crippen LogP contribution < -0.4 is 20.6 Å². The number of hydrogen-bond acceptors (Lipinski definition) is 5. The summed E-state index contributed by atoms with van der Waals surface area (Å²) in [5.41, 5.74) is 10.8. The molecule has 0 saturated carbocycles. The lowest BCUT2D eigenvalue weighted by Gasteiger charge is -2.14. The summed E-state index contributed by atoms with van der Waals surface area (Å²) in [6, 6.07) is 18.4. The van der Waals surface area contributed by atoms with Gasteiger partial charge in [0.1, 0.15) is 6.61 Å². The minimum atomic E-state index is -0.382. The van der Waals surface area contributed by atoms with E-state index in [1.165, 1.54) is 6.21 Å². The molecule has 160 valence electrons. The lowest BCUT2D eigenvalue weighted by molar-refractivity contribution is 0.0956. The number of carbonyl (C=O) groups is 1. The van der Waals surface area contributed by atoms with Crippen LogP contribution in [0.5, 0.6) is 11.5 Å². The molecule has 0 aliphatic carbocycles. The van der Waals surface area contributed by atoms with Crippen molar-refractivity contribution in [3.63, 3.8) is 0 Å². The number of anilines is 1. The first kappa shape index (κ1) is 22.8. The summed E-state index contributed by atoms with van der Waals surface area (Å²) in [5.74, 6) is 0.796. The van der Waals surface area contributed by atoms with Gasteiger partial charge < -0.3 is 15.2 Å². The smallest absolute Gasteiger partial charge is 0.273 e. The molecule has 0 aromatic heterocycles. The number of nitrogen functional groups attached to an aromatic ring is 1. The van der Waals surface area contributed by atoms with Crippen molar-refractivity contribution < 1.29 is 14.3 Å². The van der Waals surface area contributed by atoms with Gasteiger partial charge in [-0.25, -0.2) is 5.43 Å². The van der Waals surface area contributed by atoms with E-state index in [0.717, 1.165) is 20.1 Å². The normalized spacial score (nSPS) is 10.8. The second-order valence-electron chi connectivity index (χ2n) is 6.46. The van der Waals surface area contributed by atoms with E-state index in [0.29, 0.717) is 36.0 Å². The van der Waals surface area contributed by atoms with E-state index in [-0.39, 0.29) is 5.91 Å². The third-order valence-corrected chi connectivity index (χ3v) is 5.33. The van der Waals surface area contributed by atoms with E-state index in [1.54, 1.807) is 30.3 Å².